The van der Waals surface area contributed by atoms with Crippen LogP contribution >= 0.6 is 0 Å². The van der Waals surface area contributed by atoms with Gasteiger partial charge in [0.1, 0.15) is 0 Å². The number of hydrogen-bond acceptors (Lipinski definition) is 2. The summed E-state index contributed by atoms with van der Waals surface area (Å²) in [5.74, 6) is 0.000370. The van der Waals surface area contributed by atoms with Crippen LogP contribution in [0.2, 0.25) is 0 Å². The SMILES string of the molecule is Nc1cccc2ccc([O-])cc12.[K+]. The van der Waals surface area contributed by atoms with Crippen LogP contribution in [0, 0.1) is 0 Å². The molecule has 0 atom stereocenters. The number of fused-ring (bicyclic) bond motifs is 1. The fourth-order valence-corrected chi connectivity index (χ4v) is 1.28. The second kappa shape index (κ2) is 4.44. The molecule has 0 aromatic heterocycles. The molecule has 0 fully saturated rings. The van der Waals surface area contributed by atoms with Crippen molar-refractivity contribution in [3.05, 3.63) is 36.4 Å². The van der Waals surface area contributed by atoms with Gasteiger partial charge in [0.25, 0.3) is 0 Å². The summed E-state index contributed by atoms with van der Waals surface area (Å²) in [4.78, 5) is 0. The fourth-order valence-electron chi connectivity index (χ4n) is 1.28. The van der Waals surface area contributed by atoms with E-state index in [4.69, 9.17) is 5.73 Å². The first kappa shape index (κ1) is 11.0. The van der Waals surface area contributed by atoms with Gasteiger partial charge in [0.2, 0.25) is 0 Å². The van der Waals surface area contributed by atoms with Crippen molar-refractivity contribution in [2.45, 2.75) is 0 Å². The normalized spacial score (nSPS) is 9.54. The third-order valence-electron chi connectivity index (χ3n) is 1.89. The molecule has 2 rings (SSSR count). The molecule has 0 saturated carbocycles. The summed E-state index contributed by atoms with van der Waals surface area (Å²) in [6.45, 7) is 0. The topological polar surface area (TPSA) is 49.1 Å². The minimum Gasteiger partial charge on any atom is -0.872 e. The Bertz CT molecular complexity index is 428. The van der Waals surface area contributed by atoms with Gasteiger partial charge in [-0.3, -0.25) is 0 Å². The maximum Gasteiger partial charge on any atom is 1.00 e. The van der Waals surface area contributed by atoms with Gasteiger partial charge in [0, 0.05) is 11.1 Å². The van der Waals surface area contributed by atoms with Crippen molar-refractivity contribution in [2.24, 2.45) is 0 Å². The average molecular weight is 197 g/mol. The maximum atomic E-state index is 11.0. The van der Waals surface area contributed by atoms with Crippen LogP contribution in [-0.4, -0.2) is 0 Å². The zero-order valence-corrected chi connectivity index (χ0v) is 10.6. The molecule has 0 spiro atoms. The quantitative estimate of drug-likeness (QED) is 0.413. The van der Waals surface area contributed by atoms with E-state index in [1.165, 1.54) is 0 Å². The first-order chi connectivity index (χ1) is 5.77. The number of nitrogen functional groups attached to an aromatic ring is 1. The second-order valence-corrected chi connectivity index (χ2v) is 2.73. The van der Waals surface area contributed by atoms with Gasteiger partial charge in [-0.25, -0.2) is 0 Å². The second-order valence-electron chi connectivity index (χ2n) is 2.73. The van der Waals surface area contributed by atoms with Gasteiger partial charge in [0.05, 0.1) is 0 Å². The molecule has 0 heterocycles. The molecule has 2 aromatic carbocycles. The Hall–Kier alpha value is -0.0636. The van der Waals surface area contributed by atoms with Crippen molar-refractivity contribution < 1.29 is 56.5 Å². The van der Waals surface area contributed by atoms with E-state index in [0.29, 0.717) is 5.69 Å². The smallest absolute Gasteiger partial charge is 0.872 e. The molecule has 0 aliphatic carbocycles. The molecule has 60 valence electrons. The van der Waals surface area contributed by atoms with Gasteiger partial charge in [-0.15, -0.1) is 5.75 Å². The Morgan fingerprint density at radius 3 is 2.62 bits per heavy atom. The Morgan fingerprint density at radius 1 is 1.08 bits per heavy atom. The molecule has 0 saturated heterocycles. The molecule has 2 N–H and O–H groups in total. The van der Waals surface area contributed by atoms with Crippen molar-refractivity contribution in [1.29, 1.82) is 0 Å². The largest absolute Gasteiger partial charge is 1.00 e. The summed E-state index contributed by atoms with van der Waals surface area (Å²) >= 11 is 0. The summed E-state index contributed by atoms with van der Waals surface area (Å²) in [7, 11) is 0. The minimum atomic E-state index is 0. The van der Waals surface area contributed by atoms with Gasteiger partial charge in [-0.2, -0.15) is 0 Å². The number of anilines is 1. The molecular weight excluding hydrogens is 189 g/mol. The molecule has 2 aromatic rings. The minimum absolute atomic E-state index is 0. The Kier molecular flexibility index (Phi) is 3.76. The standard InChI is InChI=1S/C10H9NO.K/c11-10-3-1-2-7-4-5-8(12)6-9(7)10;/h1-6,12H,11H2;/q;+1/p-1. The zero-order valence-electron chi connectivity index (χ0n) is 7.45. The van der Waals surface area contributed by atoms with E-state index in [0.717, 1.165) is 10.8 Å². The Balaban J connectivity index is 0.000000845. The van der Waals surface area contributed by atoms with Crippen LogP contribution in [-0.2, 0) is 0 Å². The third kappa shape index (κ3) is 2.24. The Labute approximate surface area is 119 Å². The molecule has 2 nitrogen and oxygen atoms in total. The van der Waals surface area contributed by atoms with Crippen LogP contribution in [0.3, 0.4) is 0 Å². The molecule has 0 bridgehead atoms. The first-order valence-corrected chi connectivity index (χ1v) is 3.72. The molecule has 0 aliphatic heterocycles. The average Bonchev–Trinajstić information content (AvgIpc) is 2.07. The van der Waals surface area contributed by atoms with E-state index in [-0.39, 0.29) is 57.1 Å². The van der Waals surface area contributed by atoms with Crippen molar-refractivity contribution in [1.82, 2.24) is 0 Å². The number of benzene rings is 2. The van der Waals surface area contributed by atoms with Crippen LogP contribution in [0.4, 0.5) is 5.69 Å². The molecule has 3 heteroatoms. The van der Waals surface area contributed by atoms with Gasteiger partial charge in [-0.05, 0) is 11.5 Å². The Morgan fingerprint density at radius 2 is 1.85 bits per heavy atom. The van der Waals surface area contributed by atoms with Crippen molar-refractivity contribution in [2.75, 3.05) is 5.73 Å². The van der Waals surface area contributed by atoms with Crippen LogP contribution in [0.25, 0.3) is 10.8 Å². The van der Waals surface area contributed by atoms with E-state index < -0.39 is 0 Å². The first-order valence-electron chi connectivity index (χ1n) is 3.72. The number of hydrogen-bond donors (Lipinski definition) is 1. The van der Waals surface area contributed by atoms with E-state index in [1.807, 2.05) is 12.1 Å². The maximum absolute atomic E-state index is 11.0. The predicted molar refractivity (Wildman–Crippen MR) is 47.8 cm³/mol. The monoisotopic (exact) mass is 197 g/mol. The van der Waals surface area contributed by atoms with E-state index in [9.17, 15) is 5.11 Å². The van der Waals surface area contributed by atoms with Gasteiger partial charge in [0.15, 0.2) is 0 Å². The van der Waals surface area contributed by atoms with Gasteiger partial charge >= 0.3 is 51.4 Å². The van der Waals surface area contributed by atoms with Crippen molar-refractivity contribution >= 4 is 16.5 Å². The molecule has 0 unspecified atom stereocenters. The van der Waals surface area contributed by atoms with Crippen LogP contribution in [0.15, 0.2) is 36.4 Å². The molecule has 0 amide bonds. The molecule has 0 radical (unpaired) electrons. The van der Waals surface area contributed by atoms with E-state index >= 15 is 0 Å². The summed E-state index contributed by atoms with van der Waals surface area (Å²) in [5, 5.41) is 12.8. The van der Waals surface area contributed by atoms with Crippen LogP contribution < -0.4 is 62.2 Å². The van der Waals surface area contributed by atoms with E-state index in [1.54, 1.807) is 24.3 Å². The summed E-state index contributed by atoms with van der Waals surface area (Å²) < 4.78 is 0. The van der Waals surface area contributed by atoms with Gasteiger partial charge in [-0.1, -0.05) is 30.3 Å². The van der Waals surface area contributed by atoms with Gasteiger partial charge < -0.3 is 10.8 Å². The molecular formula is C10H8KNO. The van der Waals surface area contributed by atoms with E-state index in [2.05, 4.69) is 0 Å². The predicted octanol–water partition coefficient (Wildman–Crippen LogP) is -1.50. The summed E-state index contributed by atoms with van der Waals surface area (Å²) in [5.41, 5.74) is 6.34. The third-order valence-corrected chi connectivity index (χ3v) is 1.89. The van der Waals surface area contributed by atoms with Crippen molar-refractivity contribution in [3.63, 3.8) is 0 Å². The van der Waals surface area contributed by atoms with Crippen LogP contribution in [0.1, 0.15) is 0 Å². The summed E-state index contributed by atoms with van der Waals surface area (Å²) in [6, 6.07) is 10.5. The van der Waals surface area contributed by atoms with Crippen LogP contribution in [0.5, 0.6) is 5.75 Å². The zero-order chi connectivity index (χ0) is 8.55. The fraction of sp³-hybridized carbons (Fsp3) is 0. The summed E-state index contributed by atoms with van der Waals surface area (Å²) in [6.07, 6.45) is 0. The van der Waals surface area contributed by atoms with Crippen molar-refractivity contribution in [3.8, 4) is 5.75 Å². The number of nitrogens with two attached hydrogens (primary N) is 1. The molecule has 13 heavy (non-hydrogen) atoms. The number of rotatable bonds is 0. The molecule has 0 aliphatic rings.